The summed E-state index contributed by atoms with van der Waals surface area (Å²) in [6, 6.07) is 11.4. The van der Waals surface area contributed by atoms with Crippen LogP contribution in [-0.2, 0) is 11.2 Å². The second-order valence-electron chi connectivity index (χ2n) is 8.03. The van der Waals surface area contributed by atoms with Crippen molar-refractivity contribution >= 4 is 17.2 Å². The minimum atomic E-state index is -0.387. The lowest BCUT2D eigenvalue weighted by Crippen LogP contribution is -2.33. The third-order valence-corrected chi connectivity index (χ3v) is 6.05. The molecule has 3 aromatic heterocycles. The van der Waals surface area contributed by atoms with Crippen LogP contribution in [0.2, 0.25) is 0 Å². The van der Waals surface area contributed by atoms with Gasteiger partial charge in [0, 0.05) is 28.4 Å². The van der Waals surface area contributed by atoms with E-state index in [0.29, 0.717) is 11.7 Å². The van der Waals surface area contributed by atoms with E-state index < -0.39 is 0 Å². The molecule has 1 aromatic carbocycles. The van der Waals surface area contributed by atoms with E-state index in [-0.39, 0.29) is 24.3 Å². The zero-order chi connectivity index (χ0) is 22.7. The van der Waals surface area contributed by atoms with Crippen LogP contribution in [-0.4, -0.2) is 26.0 Å². The molecular weight excluding hydrogens is 422 g/mol. The van der Waals surface area contributed by atoms with Crippen molar-refractivity contribution in [3.05, 3.63) is 70.1 Å². The molecule has 32 heavy (non-hydrogen) atoms. The van der Waals surface area contributed by atoms with Gasteiger partial charge in [-0.1, -0.05) is 48.8 Å². The molecule has 1 amide bonds. The smallest absolute Gasteiger partial charge is 0.249 e. The standard InChI is InChI=1S/C24H25N5O2S/c1-14(2)21(24-28-23(29-31-24)18-9-11-25-12-10-18)27-20(30)13-19-22(26-16(4)32-19)17-7-5-15(3)6-8-17/h5-12,14,21H,13H2,1-4H3,(H,27,30). The number of nitrogens with zero attached hydrogens (tertiary/aromatic N) is 4. The van der Waals surface area contributed by atoms with Crippen LogP contribution in [0.4, 0.5) is 0 Å². The van der Waals surface area contributed by atoms with Gasteiger partial charge in [-0.15, -0.1) is 11.3 Å². The Kier molecular flexibility index (Phi) is 6.41. The lowest BCUT2D eigenvalue weighted by Gasteiger charge is -2.18. The fourth-order valence-corrected chi connectivity index (χ4v) is 4.35. The molecule has 0 bridgehead atoms. The maximum atomic E-state index is 13.0. The van der Waals surface area contributed by atoms with E-state index in [1.54, 1.807) is 23.7 Å². The Balaban J connectivity index is 1.52. The molecule has 4 rings (SSSR count). The summed E-state index contributed by atoms with van der Waals surface area (Å²) in [5.74, 6) is 0.829. The highest BCUT2D eigenvalue weighted by Crippen LogP contribution is 2.29. The first-order valence-corrected chi connectivity index (χ1v) is 11.3. The van der Waals surface area contributed by atoms with Gasteiger partial charge in [0.2, 0.25) is 17.6 Å². The number of amides is 1. The molecule has 1 N–H and O–H groups in total. The van der Waals surface area contributed by atoms with Gasteiger partial charge in [0.25, 0.3) is 0 Å². The average Bonchev–Trinajstić information content (AvgIpc) is 3.40. The maximum absolute atomic E-state index is 13.0. The topological polar surface area (TPSA) is 93.8 Å². The van der Waals surface area contributed by atoms with Gasteiger partial charge in [-0.2, -0.15) is 4.98 Å². The molecule has 1 unspecified atom stereocenters. The molecule has 0 aliphatic rings. The van der Waals surface area contributed by atoms with Gasteiger partial charge in [-0.25, -0.2) is 4.98 Å². The van der Waals surface area contributed by atoms with Gasteiger partial charge < -0.3 is 9.84 Å². The number of carbonyl (C=O) groups excluding carboxylic acids is 1. The summed E-state index contributed by atoms with van der Waals surface area (Å²) in [4.78, 5) is 27.1. The Bertz CT molecular complexity index is 1200. The summed E-state index contributed by atoms with van der Waals surface area (Å²) >= 11 is 1.55. The predicted octanol–water partition coefficient (Wildman–Crippen LogP) is 4.93. The second-order valence-corrected chi connectivity index (χ2v) is 9.32. The average molecular weight is 448 g/mol. The van der Waals surface area contributed by atoms with Crippen molar-refractivity contribution in [2.24, 2.45) is 5.92 Å². The summed E-state index contributed by atoms with van der Waals surface area (Å²) in [5.41, 5.74) is 3.88. The predicted molar refractivity (Wildman–Crippen MR) is 124 cm³/mol. The number of pyridine rings is 1. The third-order valence-electron chi connectivity index (χ3n) is 5.08. The molecule has 0 spiro atoms. The SMILES string of the molecule is Cc1ccc(-c2nc(C)sc2CC(=O)NC(c2nc(-c3ccncc3)no2)C(C)C)cc1. The number of nitrogens with one attached hydrogen (secondary N) is 1. The van der Waals surface area contributed by atoms with Crippen molar-refractivity contribution in [1.82, 2.24) is 25.4 Å². The van der Waals surface area contributed by atoms with Crippen LogP contribution in [0.3, 0.4) is 0 Å². The summed E-state index contributed by atoms with van der Waals surface area (Å²) in [6.07, 6.45) is 3.59. The number of hydrogen-bond acceptors (Lipinski definition) is 7. The van der Waals surface area contributed by atoms with E-state index in [1.807, 2.05) is 52.0 Å². The minimum absolute atomic E-state index is 0.0736. The lowest BCUT2D eigenvalue weighted by atomic mass is 10.0. The zero-order valence-corrected chi connectivity index (χ0v) is 19.3. The Morgan fingerprint density at radius 1 is 1.03 bits per heavy atom. The number of benzene rings is 1. The first-order valence-electron chi connectivity index (χ1n) is 10.5. The van der Waals surface area contributed by atoms with E-state index >= 15 is 0 Å². The van der Waals surface area contributed by atoms with Crippen LogP contribution in [0, 0.1) is 19.8 Å². The zero-order valence-electron chi connectivity index (χ0n) is 18.5. The van der Waals surface area contributed by atoms with E-state index in [1.165, 1.54) is 5.56 Å². The Hall–Kier alpha value is -3.39. The van der Waals surface area contributed by atoms with Gasteiger partial charge in [-0.05, 0) is 31.9 Å². The summed E-state index contributed by atoms with van der Waals surface area (Å²) in [6.45, 7) is 8.03. The Morgan fingerprint density at radius 3 is 2.44 bits per heavy atom. The number of aromatic nitrogens is 4. The number of rotatable bonds is 7. The monoisotopic (exact) mass is 447 g/mol. The molecule has 0 fully saturated rings. The van der Waals surface area contributed by atoms with Crippen molar-refractivity contribution in [3.63, 3.8) is 0 Å². The van der Waals surface area contributed by atoms with Crippen molar-refractivity contribution in [3.8, 4) is 22.6 Å². The number of hydrogen-bond donors (Lipinski definition) is 1. The van der Waals surface area contributed by atoms with Crippen LogP contribution in [0.5, 0.6) is 0 Å². The minimum Gasteiger partial charge on any atom is -0.344 e. The van der Waals surface area contributed by atoms with Gasteiger partial charge in [0.05, 0.1) is 17.1 Å². The Morgan fingerprint density at radius 2 is 1.75 bits per heavy atom. The molecule has 164 valence electrons. The Labute approximate surface area is 190 Å². The highest BCUT2D eigenvalue weighted by atomic mass is 32.1. The molecular formula is C24H25N5O2S. The third kappa shape index (κ3) is 4.91. The number of thiazole rings is 1. The van der Waals surface area contributed by atoms with Crippen molar-refractivity contribution in [2.45, 2.75) is 40.2 Å². The molecule has 0 radical (unpaired) electrons. The van der Waals surface area contributed by atoms with Gasteiger partial charge in [-0.3, -0.25) is 9.78 Å². The van der Waals surface area contributed by atoms with Crippen molar-refractivity contribution in [2.75, 3.05) is 0 Å². The second kappa shape index (κ2) is 9.40. The first-order chi connectivity index (χ1) is 15.4. The fraction of sp³-hybridized carbons (Fsp3) is 0.292. The van der Waals surface area contributed by atoms with Crippen LogP contribution < -0.4 is 5.32 Å². The highest BCUT2D eigenvalue weighted by Gasteiger charge is 2.26. The molecule has 8 heteroatoms. The molecule has 1 atom stereocenters. The molecule has 0 saturated heterocycles. The normalized spacial score (nSPS) is 12.2. The van der Waals surface area contributed by atoms with E-state index in [0.717, 1.165) is 26.7 Å². The summed E-state index contributed by atoms with van der Waals surface area (Å²) in [7, 11) is 0. The van der Waals surface area contributed by atoms with E-state index in [9.17, 15) is 4.79 Å². The van der Waals surface area contributed by atoms with Crippen LogP contribution in [0.25, 0.3) is 22.6 Å². The van der Waals surface area contributed by atoms with Crippen LogP contribution in [0.15, 0.2) is 53.3 Å². The first kappa shape index (κ1) is 21.8. The lowest BCUT2D eigenvalue weighted by molar-refractivity contribution is -0.121. The molecule has 7 nitrogen and oxygen atoms in total. The molecule has 4 aromatic rings. The van der Waals surface area contributed by atoms with Crippen LogP contribution >= 0.6 is 11.3 Å². The van der Waals surface area contributed by atoms with Crippen LogP contribution in [0.1, 0.15) is 41.2 Å². The molecule has 0 saturated carbocycles. The van der Waals surface area contributed by atoms with Gasteiger partial charge >= 0.3 is 0 Å². The highest BCUT2D eigenvalue weighted by molar-refractivity contribution is 7.12. The van der Waals surface area contributed by atoms with E-state index in [4.69, 9.17) is 4.52 Å². The van der Waals surface area contributed by atoms with E-state index in [2.05, 4.69) is 37.6 Å². The maximum Gasteiger partial charge on any atom is 0.249 e. The summed E-state index contributed by atoms with van der Waals surface area (Å²) in [5, 5.41) is 8.08. The molecule has 3 heterocycles. The van der Waals surface area contributed by atoms with Gasteiger partial charge in [0.1, 0.15) is 6.04 Å². The fourth-order valence-electron chi connectivity index (χ4n) is 3.39. The number of carbonyl (C=O) groups is 1. The van der Waals surface area contributed by atoms with Crippen molar-refractivity contribution < 1.29 is 9.32 Å². The van der Waals surface area contributed by atoms with Gasteiger partial charge in [0.15, 0.2) is 0 Å². The molecule has 0 aliphatic heterocycles. The number of aryl methyl sites for hydroxylation is 2. The quantitative estimate of drug-likeness (QED) is 0.432. The molecule has 0 aliphatic carbocycles. The largest absolute Gasteiger partial charge is 0.344 e. The summed E-state index contributed by atoms with van der Waals surface area (Å²) < 4.78 is 5.50. The van der Waals surface area contributed by atoms with Crippen molar-refractivity contribution in [1.29, 1.82) is 0 Å².